The maximum absolute atomic E-state index is 12.5. The van der Waals surface area contributed by atoms with E-state index in [1.807, 2.05) is 35.2 Å². The first-order valence-corrected chi connectivity index (χ1v) is 8.22. The lowest BCUT2D eigenvalue weighted by molar-refractivity contribution is 0.0571. The Hall–Kier alpha value is -2.67. The number of amides is 1. The predicted octanol–water partition coefficient (Wildman–Crippen LogP) is 3.14. The number of aromatic nitrogens is 2. The van der Waals surface area contributed by atoms with Gasteiger partial charge in [0.2, 0.25) is 5.82 Å². The van der Waals surface area contributed by atoms with Crippen LogP contribution < -0.4 is 0 Å². The van der Waals surface area contributed by atoms with E-state index >= 15 is 0 Å². The fraction of sp³-hybridized carbons (Fsp3) is 0.350. The van der Waals surface area contributed by atoms with Gasteiger partial charge in [-0.25, -0.2) is 9.97 Å². The van der Waals surface area contributed by atoms with Crippen molar-refractivity contribution in [2.45, 2.75) is 26.7 Å². The molecule has 0 unspecified atom stereocenters. The summed E-state index contributed by atoms with van der Waals surface area (Å²) in [6, 6.07) is 9.75. The maximum atomic E-state index is 12.5. The first kappa shape index (κ1) is 16.2. The van der Waals surface area contributed by atoms with Gasteiger partial charge in [0.25, 0.3) is 5.91 Å². The minimum absolute atomic E-state index is 0.0923. The minimum Gasteiger partial charge on any atom is -0.335 e. The maximum Gasteiger partial charge on any atom is 0.291 e. The van der Waals surface area contributed by atoms with Gasteiger partial charge in [-0.15, -0.1) is 0 Å². The third kappa shape index (κ3) is 3.99. The lowest BCUT2D eigenvalue weighted by Gasteiger charge is -2.37. The van der Waals surface area contributed by atoms with Gasteiger partial charge in [-0.1, -0.05) is 43.9 Å². The first-order valence-electron chi connectivity index (χ1n) is 8.22. The molecule has 0 aliphatic carbocycles. The highest BCUT2D eigenvalue weighted by molar-refractivity contribution is 5.90. The molecule has 4 nitrogen and oxygen atoms in total. The summed E-state index contributed by atoms with van der Waals surface area (Å²) in [6.07, 6.45) is 5.40. The number of nitrogens with zero attached hydrogens (tertiary/aromatic N) is 3. The highest BCUT2D eigenvalue weighted by Gasteiger charge is 2.30. The molecule has 4 heteroatoms. The number of piperidine rings is 1. The second-order valence-electron chi connectivity index (χ2n) is 6.91. The summed E-state index contributed by atoms with van der Waals surface area (Å²) in [7, 11) is 0. The zero-order chi connectivity index (χ0) is 17.0. The molecule has 1 aromatic heterocycles. The molecule has 1 aliphatic heterocycles. The van der Waals surface area contributed by atoms with E-state index in [0.717, 1.165) is 31.5 Å². The van der Waals surface area contributed by atoms with Gasteiger partial charge in [0.1, 0.15) is 0 Å². The van der Waals surface area contributed by atoms with Crippen molar-refractivity contribution in [1.29, 1.82) is 0 Å². The summed E-state index contributed by atoms with van der Waals surface area (Å²) < 4.78 is 0. The third-order valence-electron chi connectivity index (χ3n) is 4.16. The van der Waals surface area contributed by atoms with Gasteiger partial charge in [0.05, 0.1) is 5.56 Å². The Bertz CT molecular complexity index is 770. The van der Waals surface area contributed by atoms with Gasteiger partial charge in [-0.2, -0.15) is 0 Å². The summed E-state index contributed by atoms with van der Waals surface area (Å²) >= 11 is 0. The van der Waals surface area contributed by atoms with Gasteiger partial charge in [-0.3, -0.25) is 4.79 Å². The summed E-state index contributed by atoms with van der Waals surface area (Å²) in [5.74, 6) is 6.23. The molecule has 3 rings (SSSR count). The standard InChI is InChI=1S/C20H21N3O/c1-20(2)11-6-12-23(15-20)19(24)18-21-13-17(14-22-18)10-9-16-7-4-3-5-8-16/h3-5,7-8,13-14H,6,11-12,15H2,1-2H3. The Kier molecular flexibility index (Phi) is 4.61. The summed E-state index contributed by atoms with van der Waals surface area (Å²) in [4.78, 5) is 22.8. The average Bonchev–Trinajstić information content (AvgIpc) is 2.60. The molecular formula is C20H21N3O. The van der Waals surface area contributed by atoms with Gasteiger partial charge in [0.15, 0.2) is 0 Å². The number of benzene rings is 1. The third-order valence-corrected chi connectivity index (χ3v) is 4.16. The predicted molar refractivity (Wildman–Crippen MR) is 93.4 cm³/mol. The molecule has 1 fully saturated rings. The van der Waals surface area contributed by atoms with Crippen LogP contribution in [0.4, 0.5) is 0 Å². The topological polar surface area (TPSA) is 46.1 Å². The molecule has 0 radical (unpaired) electrons. The minimum atomic E-state index is -0.0923. The second-order valence-corrected chi connectivity index (χ2v) is 6.91. The summed E-state index contributed by atoms with van der Waals surface area (Å²) in [5, 5.41) is 0. The Labute approximate surface area is 142 Å². The Balaban J connectivity index is 1.70. The lowest BCUT2D eigenvalue weighted by Crippen LogP contribution is -2.44. The molecule has 1 aromatic carbocycles. The molecule has 2 heterocycles. The molecule has 1 amide bonds. The summed E-state index contributed by atoms with van der Waals surface area (Å²) in [6.45, 7) is 5.91. The molecule has 0 atom stereocenters. The van der Waals surface area contributed by atoms with Crippen LogP contribution in [-0.2, 0) is 0 Å². The van der Waals surface area contributed by atoms with Crippen molar-refractivity contribution in [1.82, 2.24) is 14.9 Å². The molecule has 0 saturated carbocycles. The molecule has 1 aliphatic rings. The van der Waals surface area contributed by atoms with Crippen LogP contribution >= 0.6 is 0 Å². The van der Waals surface area contributed by atoms with E-state index in [1.165, 1.54) is 0 Å². The number of carbonyl (C=O) groups excluding carboxylic acids is 1. The van der Waals surface area contributed by atoms with Gasteiger partial charge < -0.3 is 4.90 Å². The van der Waals surface area contributed by atoms with Crippen LogP contribution in [0.3, 0.4) is 0 Å². The van der Waals surface area contributed by atoms with Crippen LogP contribution in [0.2, 0.25) is 0 Å². The van der Waals surface area contributed by atoms with E-state index in [0.29, 0.717) is 5.56 Å². The summed E-state index contributed by atoms with van der Waals surface area (Å²) in [5.41, 5.74) is 1.80. The molecule has 0 spiro atoms. The molecule has 122 valence electrons. The first-order chi connectivity index (χ1) is 11.5. The highest BCUT2D eigenvalue weighted by Crippen LogP contribution is 2.28. The van der Waals surface area contributed by atoms with Gasteiger partial charge in [0, 0.05) is 31.0 Å². The fourth-order valence-corrected chi connectivity index (χ4v) is 2.91. The smallest absolute Gasteiger partial charge is 0.291 e. The number of hydrogen-bond acceptors (Lipinski definition) is 3. The zero-order valence-corrected chi connectivity index (χ0v) is 14.1. The van der Waals surface area contributed by atoms with E-state index in [4.69, 9.17) is 0 Å². The highest BCUT2D eigenvalue weighted by atomic mass is 16.2. The van der Waals surface area contributed by atoms with Crippen LogP contribution in [0, 0.1) is 17.3 Å². The Morgan fingerprint density at radius 3 is 2.42 bits per heavy atom. The number of rotatable bonds is 1. The van der Waals surface area contributed by atoms with Crippen LogP contribution in [-0.4, -0.2) is 33.9 Å². The van der Waals surface area contributed by atoms with Crippen molar-refractivity contribution in [3.63, 3.8) is 0 Å². The molecular weight excluding hydrogens is 298 g/mol. The van der Waals surface area contributed by atoms with Gasteiger partial charge in [-0.05, 0) is 30.4 Å². The van der Waals surface area contributed by atoms with Crippen molar-refractivity contribution in [3.05, 3.63) is 59.7 Å². The van der Waals surface area contributed by atoms with Crippen molar-refractivity contribution >= 4 is 5.91 Å². The lowest BCUT2D eigenvalue weighted by atomic mass is 9.84. The van der Waals surface area contributed by atoms with Crippen molar-refractivity contribution in [2.75, 3.05) is 13.1 Å². The quantitative estimate of drug-likeness (QED) is 0.759. The van der Waals surface area contributed by atoms with E-state index in [9.17, 15) is 4.79 Å². The van der Waals surface area contributed by atoms with Crippen molar-refractivity contribution < 1.29 is 4.79 Å². The SMILES string of the molecule is CC1(C)CCCN(C(=O)c2ncc(C#Cc3ccccc3)cn2)C1. The van der Waals surface area contributed by atoms with E-state index in [-0.39, 0.29) is 17.1 Å². The zero-order valence-electron chi connectivity index (χ0n) is 14.1. The Morgan fingerprint density at radius 2 is 1.75 bits per heavy atom. The monoisotopic (exact) mass is 319 g/mol. The fourth-order valence-electron chi connectivity index (χ4n) is 2.91. The van der Waals surface area contributed by atoms with Gasteiger partial charge >= 0.3 is 0 Å². The number of carbonyl (C=O) groups is 1. The van der Waals surface area contributed by atoms with Crippen LogP contribution in [0.5, 0.6) is 0 Å². The van der Waals surface area contributed by atoms with Crippen molar-refractivity contribution in [3.8, 4) is 11.8 Å². The van der Waals surface area contributed by atoms with Crippen LogP contribution in [0.15, 0.2) is 42.7 Å². The normalized spacial score (nSPS) is 16.2. The van der Waals surface area contributed by atoms with Crippen molar-refractivity contribution in [2.24, 2.45) is 5.41 Å². The van der Waals surface area contributed by atoms with E-state index in [1.54, 1.807) is 12.4 Å². The molecule has 0 N–H and O–H groups in total. The van der Waals surface area contributed by atoms with Crippen LogP contribution in [0.25, 0.3) is 0 Å². The van der Waals surface area contributed by atoms with E-state index < -0.39 is 0 Å². The molecule has 1 saturated heterocycles. The van der Waals surface area contributed by atoms with E-state index in [2.05, 4.69) is 35.7 Å². The largest absolute Gasteiger partial charge is 0.335 e. The molecule has 24 heavy (non-hydrogen) atoms. The molecule has 2 aromatic rings. The molecule has 0 bridgehead atoms. The van der Waals surface area contributed by atoms with Crippen LogP contribution in [0.1, 0.15) is 48.4 Å². The number of likely N-dealkylation sites (tertiary alicyclic amines) is 1. The Morgan fingerprint density at radius 1 is 1.08 bits per heavy atom. The second kappa shape index (κ2) is 6.84. The average molecular weight is 319 g/mol. The number of hydrogen-bond donors (Lipinski definition) is 0.